The van der Waals surface area contributed by atoms with Gasteiger partial charge in [-0.15, -0.1) is 10.2 Å². The topological polar surface area (TPSA) is 100 Å². The van der Waals surface area contributed by atoms with Crippen molar-refractivity contribution in [3.05, 3.63) is 47.8 Å². The molecule has 10 heteroatoms. The number of likely N-dealkylation sites (tertiary alicyclic amines) is 1. The third kappa shape index (κ3) is 4.65. The summed E-state index contributed by atoms with van der Waals surface area (Å²) in [5, 5.41) is 12.0. The van der Waals surface area contributed by atoms with Crippen molar-refractivity contribution in [2.75, 3.05) is 31.3 Å². The van der Waals surface area contributed by atoms with Gasteiger partial charge < -0.3 is 19.9 Å². The molecule has 1 aliphatic rings. The van der Waals surface area contributed by atoms with Crippen LogP contribution in [0.1, 0.15) is 33.7 Å². The van der Waals surface area contributed by atoms with Crippen LogP contribution in [0.4, 0.5) is 10.8 Å². The van der Waals surface area contributed by atoms with E-state index in [1.165, 1.54) is 23.1 Å². The highest BCUT2D eigenvalue weighted by Crippen LogP contribution is 2.31. The van der Waals surface area contributed by atoms with E-state index in [4.69, 9.17) is 4.74 Å². The molecular weight excluding hydrogens is 422 g/mol. The van der Waals surface area contributed by atoms with Crippen molar-refractivity contribution < 1.29 is 14.3 Å². The number of aromatic nitrogens is 3. The lowest BCUT2D eigenvalue weighted by Crippen LogP contribution is -2.27. The number of nitrogens with zero attached hydrogens (tertiary/aromatic N) is 3. The van der Waals surface area contributed by atoms with Crippen LogP contribution in [0.5, 0.6) is 5.75 Å². The molecule has 30 heavy (non-hydrogen) atoms. The molecule has 2 N–H and O–H groups in total. The standard InChI is InChI=1S/C20H21N5O3S2/c1-28-17-7-3-2-6-14(17)22-19-23-24-20(30-19)29-12-16(26)13-10-15(21-11-13)18(27)25-8-4-5-9-25/h2-3,6-7,10-11,21H,4-5,8-9,12H2,1H3,(H,22,23). The van der Waals surface area contributed by atoms with Gasteiger partial charge in [0.2, 0.25) is 5.13 Å². The Bertz CT molecular complexity index is 1040. The number of aromatic amines is 1. The number of nitrogens with one attached hydrogen (secondary N) is 2. The molecular formula is C20H21N5O3S2. The van der Waals surface area contributed by atoms with E-state index in [0.717, 1.165) is 31.6 Å². The Labute approximate surface area is 182 Å². The molecule has 0 radical (unpaired) electrons. The Morgan fingerprint density at radius 1 is 1.27 bits per heavy atom. The summed E-state index contributed by atoms with van der Waals surface area (Å²) in [4.78, 5) is 29.7. The number of ketones is 1. The van der Waals surface area contributed by atoms with Gasteiger partial charge in [0.05, 0.1) is 18.6 Å². The van der Waals surface area contributed by atoms with Gasteiger partial charge in [0, 0.05) is 24.8 Å². The fraction of sp³-hybridized carbons (Fsp3) is 0.300. The molecule has 1 amide bonds. The number of rotatable bonds is 8. The molecule has 1 fully saturated rings. The third-order valence-electron chi connectivity index (χ3n) is 4.71. The summed E-state index contributed by atoms with van der Waals surface area (Å²) in [7, 11) is 1.61. The van der Waals surface area contributed by atoms with E-state index in [1.54, 1.807) is 19.4 Å². The van der Waals surface area contributed by atoms with E-state index >= 15 is 0 Å². The molecule has 0 spiro atoms. The minimum absolute atomic E-state index is 0.0459. The van der Waals surface area contributed by atoms with Crippen molar-refractivity contribution in [2.45, 2.75) is 17.2 Å². The Morgan fingerprint density at radius 2 is 2.07 bits per heavy atom. The normalized spacial score (nSPS) is 13.4. The lowest BCUT2D eigenvalue weighted by Gasteiger charge is -2.13. The number of anilines is 2. The SMILES string of the molecule is COc1ccccc1Nc1nnc(SCC(=O)c2c[nH]c(C(=O)N3CCCC3)c2)s1. The fourth-order valence-electron chi connectivity index (χ4n) is 3.16. The molecule has 1 saturated heterocycles. The number of carbonyl (C=O) groups is 2. The highest BCUT2D eigenvalue weighted by atomic mass is 32.2. The van der Waals surface area contributed by atoms with Crippen molar-refractivity contribution in [1.82, 2.24) is 20.1 Å². The van der Waals surface area contributed by atoms with Crippen molar-refractivity contribution in [2.24, 2.45) is 0 Å². The zero-order valence-electron chi connectivity index (χ0n) is 16.4. The lowest BCUT2D eigenvalue weighted by molar-refractivity contribution is 0.0787. The largest absolute Gasteiger partial charge is 0.495 e. The van der Waals surface area contributed by atoms with E-state index in [9.17, 15) is 9.59 Å². The minimum atomic E-state index is -0.0637. The van der Waals surface area contributed by atoms with Crippen LogP contribution in [0.2, 0.25) is 0 Å². The van der Waals surface area contributed by atoms with Crippen LogP contribution in [0.25, 0.3) is 0 Å². The van der Waals surface area contributed by atoms with Gasteiger partial charge in [-0.1, -0.05) is 35.2 Å². The number of ether oxygens (including phenoxy) is 1. The molecule has 0 saturated carbocycles. The monoisotopic (exact) mass is 443 g/mol. The molecule has 156 valence electrons. The van der Waals surface area contributed by atoms with Gasteiger partial charge in [-0.2, -0.15) is 0 Å². The first kappa shape index (κ1) is 20.4. The van der Waals surface area contributed by atoms with E-state index < -0.39 is 0 Å². The van der Waals surface area contributed by atoms with E-state index in [1.807, 2.05) is 29.2 Å². The Hall–Kier alpha value is -2.85. The van der Waals surface area contributed by atoms with Gasteiger partial charge in [0.1, 0.15) is 11.4 Å². The second kappa shape index (κ2) is 9.31. The molecule has 0 bridgehead atoms. The highest BCUT2D eigenvalue weighted by molar-refractivity contribution is 8.01. The van der Waals surface area contributed by atoms with Gasteiger partial charge in [-0.25, -0.2) is 0 Å². The van der Waals surface area contributed by atoms with E-state index in [-0.39, 0.29) is 17.4 Å². The van der Waals surface area contributed by atoms with Crippen LogP contribution in [0.3, 0.4) is 0 Å². The Morgan fingerprint density at radius 3 is 2.87 bits per heavy atom. The average molecular weight is 444 g/mol. The number of hydrogen-bond donors (Lipinski definition) is 2. The van der Waals surface area contributed by atoms with Crippen molar-refractivity contribution >= 4 is 45.6 Å². The smallest absolute Gasteiger partial charge is 0.270 e. The van der Waals surface area contributed by atoms with Crippen molar-refractivity contribution in [3.63, 3.8) is 0 Å². The number of amides is 1. The summed E-state index contributed by atoms with van der Waals surface area (Å²) < 4.78 is 6.00. The maximum Gasteiger partial charge on any atom is 0.270 e. The Kier molecular flexibility index (Phi) is 6.34. The lowest BCUT2D eigenvalue weighted by atomic mass is 10.2. The van der Waals surface area contributed by atoms with Gasteiger partial charge in [-0.3, -0.25) is 9.59 Å². The summed E-state index contributed by atoms with van der Waals surface area (Å²) in [6, 6.07) is 9.18. The number of methoxy groups -OCH3 is 1. The van der Waals surface area contributed by atoms with E-state index in [0.29, 0.717) is 26.5 Å². The van der Waals surface area contributed by atoms with Gasteiger partial charge in [0.25, 0.3) is 5.91 Å². The van der Waals surface area contributed by atoms with Gasteiger partial charge in [0.15, 0.2) is 10.1 Å². The summed E-state index contributed by atoms with van der Waals surface area (Å²) in [5.41, 5.74) is 1.76. The number of benzene rings is 1. The number of H-pyrrole nitrogens is 1. The average Bonchev–Trinajstić information content (AvgIpc) is 3.54. The van der Waals surface area contributed by atoms with Gasteiger partial charge >= 0.3 is 0 Å². The van der Waals surface area contributed by atoms with Crippen LogP contribution in [0, 0.1) is 0 Å². The number of carbonyl (C=O) groups excluding carboxylic acids is 2. The molecule has 0 unspecified atom stereocenters. The van der Waals surface area contributed by atoms with Crippen LogP contribution in [-0.4, -0.2) is 57.7 Å². The van der Waals surface area contributed by atoms with Crippen LogP contribution in [0.15, 0.2) is 40.9 Å². The highest BCUT2D eigenvalue weighted by Gasteiger charge is 2.22. The maximum atomic E-state index is 12.5. The predicted molar refractivity (Wildman–Crippen MR) is 117 cm³/mol. The molecule has 0 atom stereocenters. The number of Topliss-reactive ketones (excluding diaryl/α,β-unsaturated/α-hetero) is 1. The zero-order chi connectivity index (χ0) is 20.9. The molecule has 0 aliphatic carbocycles. The second-order valence-corrected chi connectivity index (χ2v) is 8.91. The van der Waals surface area contributed by atoms with Gasteiger partial charge in [-0.05, 0) is 31.0 Å². The quantitative estimate of drug-likeness (QED) is 0.403. The van der Waals surface area contributed by atoms with E-state index in [2.05, 4.69) is 20.5 Å². The van der Waals surface area contributed by atoms with Crippen LogP contribution in [-0.2, 0) is 0 Å². The summed E-state index contributed by atoms with van der Waals surface area (Å²) >= 11 is 2.69. The molecule has 4 rings (SSSR count). The first-order valence-electron chi connectivity index (χ1n) is 9.51. The Balaban J connectivity index is 1.33. The number of hydrogen-bond acceptors (Lipinski definition) is 8. The predicted octanol–water partition coefficient (Wildman–Crippen LogP) is 3.83. The third-order valence-corrected chi connectivity index (χ3v) is 6.68. The minimum Gasteiger partial charge on any atom is -0.495 e. The van der Waals surface area contributed by atoms with Crippen molar-refractivity contribution in [3.8, 4) is 5.75 Å². The zero-order valence-corrected chi connectivity index (χ0v) is 18.0. The first-order chi connectivity index (χ1) is 14.6. The maximum absolute atomic E-state index is 12.5. The summed E-state index contributed by atoms with van der Waals surface area (Å²) in [6.07, 6.45) is 3.66. The molecule has 3 aromatic rings. The van der Waals surface area contributed by atoms with Crippen LogP contribution >= 0.6 is 23.1 Å². The summed E-state index contributed by atoms with van der Waals surface area (Å²) in [6.45, 7) is 1.55. The van der Waals surface area contributed by atoms with Crippen molar-refractivity contribution in [1.29, 1.82) is 0 Å². The second-order valence-electron chi connectivity index (χ2n) is 6.71. The number of thioether (sulfide) groups is 1. The molecule has 8 nitrogen and oxygen atoms in total. The molecule has 1 aromatic carbocycles. The first-order valence-corrected chi connectivity index (χ1v) is 11.3. The fourth-order valence-corrected chi connectivity index (χ4v) is 4.82. The number of para-hydroxylation sites is 2. The molecule has 1 aliphatic heterocycles. The molecule has 3 heterocycles. The summed E-state index contributed by atoms with van der Waals surface area (Å²) in [5.74, 6) is 0.823. The molecule has 2 aromatic heterocycles. The van der Waals surface area contributed by atoms with Crippen LogP contribution < -0.4 is 10.1 Å².